The summed E-state index contributed by atoms with van der Waals surface area (Å²) in [6.07, 6.45) is 6.82. The topological polar surface area (TPSA) is 98.3 Å². The van der Waals surface area contributed by atoms with Crippen molar-refractivity contribution in [3.63, 3.8) is 0 Å². The van der Waals surface area contributed by atoms with Crippen LogP contribution in [0.3, 0.4) is 0 Å². The van der Waals surface area contributed by atoms with Crippen LogP contribution >= 0.6 is 0 Å². The Morgan fingerprint density at radius 2 is 1.20 bits per heavy atom. The molecule has 4 saturated carbocycles. The predicted octanol–water partition coefficient (Wildman–Crippen LogP) is 2.41. The summed E-state index contributed by atoms with van der Waals surface area (Å²) in [6, 6.07) is 16.6. The molecule has 0 spiro atoms. The van der Waals surface area contributed by atoms with Gasteiger partial charge in [0.1, 0.15) is 6.04 Å². The van der Waals surface area contributed by atoms with Crippen molar-refractivity contribution in [3.05, 3.63) is 71.8 Å². The molecule has 4 fully saturated rings. The maximum atomic E-state index is 13.7. The predicted molar refractivity (Wildman–Crippen MR) is 130 cm³/mol. The van der Waals surface area contributed by atoms with Crippen molar-refractivity contribution in [3.8, 4) is 0 Å². The highest BCUT2D eigenvalue weighted by molar-refractivity contribution is 5.92. The van der Waals surface area contributed by atoms with Crippen LogP contribution in [0.4, 0.5) is 0 Å². The largest absolute Gasteiger partial charge is 0.548 e. The Hall–Kier alpha value is -3.15. The summed E-state index contributed by atoms with van der Waals surface area (Å²) in [5.74, 6) is -0.0314. The first kappa shape index (κ1) is 23.6. The minimum atomic E-state index is -1.34. The Bertz CT molecular complexity index is 1030. The fourth-order valence-corrected chi connectivity index (χ4v) is 7.07. The number of carboxylic acids is 1. The van der Waals surface area contributed by atoms with Gasteiger partial charge in [0.2, 0.25) is 11.8 Å². The Labute approximate surface area is 206 Å². The van der Waals surface area contributed by atoms with E-state index in [-0.39, 0.29) is 17.7 Å². The Kier molecular flexibility index (Phi) is 6.63. The number of carbonyl (C=O) groups is 3. The van der Waals surface area contributed by atoms with E-state index in [9.17, 15) is 19.5 Å². The number of amides is 2. The molecule has 2 amide bonds. The van der Waals surface area contributed by atoms with Crippen molar-refractivity contribution in [1.82, 2.24) is 10.6 Å². The lowest BCUT2D eigenvalue weighted by molar-refractivity contribution is -0.308. The normalized spacial score (nSPS) is 28.2. The second-order valence-corrected chi connectivity index (χ2v) is 11.0. The first-order chi connectivity index (χ1) is 16.9. The zero-order valence-corrected chi connectivity index (χ0v) is 20.0. The van der Waals surface area contributed by atoms with Crippen molar-refractivity contribution in [2.75, 3.05) is 0 Å². The van der Waals surface area contributed by atoms with Gasteiger partial charge in [-0.05, 0) is 73.8 Å². The monoisotopic (exact) mass is 473 g/mol. The lowest BCUT2D eigenvalue weighted by Gasteiger charge is -2.55. The molecule has 6 nitrogen and oxygen atoms in total. The van der Waals surface area contributed by atoms with E-state index < -0.39 is 24.0 Å². The first-order valence-electron chi connectivity index (χ1n) is 12.8. The van der Waals surface area contributed by atoms with Gasteiger partial charge in [-0.2, -0.15) is 0 Å². The van der Waals surface area contributed by atoms with E-state index in [1.54, 1.807) is 0 Å². The van der Waals surface area contributed by atoms with Gasteiger partial charge in [0, 0.05) is 11.8 Å². The Morgan fingerprint density at radius 1 is 0.743 bits per heavy atom. The molecule has 0 heterocycles. The Balaban J connectivity index is 1.33. The van der Waals surface area contributed by atoms with E-state index in [4.69, 9.17) is 0 Å². The lowest BCUT2D eigenvalue weighted by Crippen LogP contribution is -2.59. The van der Waals surface area contributed by atoms with Crippen LogP contribution in [0.15, 0.2) is 60.7 Å². The third-order valence-electron chi connectivity index (χ3n) is 8.31. The molecule has 35 heavy (non-hydrogen) atoms. The molecule has 4 bridgehead atoms. The molecule has 0 saturated heterocycles. The standard InChI is InChI=1S/C29H34N2O4/c32-26(30-25(27(33)34)15-20-9-5-2-6-10-20)24(14-19-7-3-1-4-8-19)31-28(35)29-16-21-11-22(17-29)13-23(12-21)18-29/h1-10,21-25H,11-18H2,(H,30,32)(H,31,35)(H,33,34)/p-1/t21?,22?,23?,24-,25-,29?/m1/s1. The fraction of sp³-hybridized carbons (Fsp3) is 0.483. The van der Waals surface area contributed by atoms with Gasteiger partial charge in [-0.15, -0.1) is 0 Å². The van der Waals surface area contributed by atoms with Crippen molar-refractivity contribution in [2.45, 2.75) is 63.5 Å². The maximum absolute atomic E-state index is 13.7. The Morgan fingerprint density at radius 3 is 1.66 bits per heavy atom. The van der Waals surface area contributed by atoms with Crippen LogP contribution in [-0.4, -0.2) is 29.9 Å². The average Bonchev–Trinajstić information content (AvgIpc) is 2.83. The minimum absolute atomic E-state index is 0.0410. The quantitative estimate of drug-likeness (QED) is 0.584. The molecule has 0 aliphatic heterocycles. The van der Waals surface area contributed by atoms with Crippen LogP contribution in [0.5, 0.6) is 0 Å². The highest BCUT2D eigenvalue weighted by atomic mass is 16.4. The summed E-state index contributed by atoms with van der Waals surface area (Å²) in [4.78, 5) is 38.9. The number of hydrogen-bond donors (Lipinski definition) is 2. The van der Waals surface area contributed by atoms with Gasteiger partial charge in [-0.3, -0.25) is 9.59 Å². The zero-order chi connectivity index (χ0) is 24.4. The van der Waals surface area contributed by atoms with Crippen molar-refractivity contribution < 1.29 is 19.5 Å². The van der Waals surface area contributed by atoms with Gasteiger partial charge < -0.3 is 20.5 Å². The van der Waals surface area contributed by atoms with Crippen LogP contribution in [0.1, 0.15) is 49.7 Å². The van der Waals surface area contributed by atoms with E-state index in [1.165, 1.54) is 19.3 Å². The number of rotatable bonds is 9. The number of aliphatic carboxylic acids is 1. The van der Waals surface area contributed by atoms with Gasteiger partial charge in [0.25, 0.3) is 0 Å². The van der Waals surface area contributed by atoms with Gasteiger partial charge in [-0.1, -0.05) is 60.7 Å². The molecule has 4 aliphatic rings. The molecule has 0 aromatic heterocycles. The average molecular weight is 474 g/mol. The molecule has 0 unspecified atom stereocenters. The summed E-state index contributed by atoms with van der Waals surface area (Å²) in [7, 11) is 0. The second kappa shape index (κ2) is 9.84. The van der Waals surface area contributed by atoms with Crippen molar-refractivity contribution in [2.24, 2.45) is 23.2 Å². The van der Waals surface area contributed by atoms with E-state index in [0.717, 1.165) is 30.4 Å². The molecule has 6 heteroatoms. The maximum Gasteiger partial charge on any atom is 0.243 e. The van der Waals surface area contributed by atoms with Gasteiger partial charge in [0.05, 0.1) is 12.0 Å². The molecule has 2 N–H and O–H groups in total. The van der Waals surface area contributed by atoms with E-state index in [1.807, 2.05) is 60.7 Å². The minimum Gasteiger partial charge on any atom is -0.548 e. The van der Waals surface area contributed by atoms with Gasteiger partial charge >= 0.3 is 0 Å². The fourth-order valence-electron chi connectivity index (χ4n) is 7.07. The molecule has 4 aliphatic carbocycles. The molecule has 2 aromatic rings. The highest BCUT2D eigenvalue weighted by Gasteiger charge is 2.55. The SMILES string of the molecule is O=C([O-])[C@@H](Cc1ccccc1)NC(=O)[C@@H](Cc1ccccc1)NC(=O)C12CC3CC(CC(C3)C1)C2. The molecule has 2 atom stereocenters. The summed E-state index contributed by atoms with van der Waals surface area (Å²) in [5.41, 5.74) is 1.31. The molecule has 0 radical (unpaired) electrons. The summed E-state index contributed by atoms with van der Waals surface area (Å²) in [5, 5.41) is 17.6. The van der Waals surface area contributed by atoms with Crippen LogP contribution in [0, 0.1) is 23.2 Å². The van der Waals surface area contributed by atoms with Crippen molar-refractivity contribution >= 4 is 17.8 Å². The van der Waals surface area contributed by atoms with Gasteiger partial charge in [0.15, 0.2) is 0 Å². The number of hydrogen-bond acceptors (Lipinski definition) is 4. The number of nitrogens with one attached hydrogen (secondary N) is 2. The molecular weight excluding hydrogens is 440 g/mol. The number of carboxylic acid groups (broad SMARTS) is 1. The first-order valence-corrected chi connectivity index (χ1v) is 12.8. The van der Waals surface area contributed by atoms with Crippen LogP contribution in [-0.2, 0) is 27.2 Å². The lowest BCUT2D eigenvalue weighted by atomic mass is 9.49. The van der Waals surface area contributed by atoms with Crippen LogP contribution in [0.2, 0.25) is 0 Å². The van der Waals surface area contributed by atoms with E-state index >= 15 is 0 Å². The van der Waals surface area contributed by atoms with E-state index in [2.05, 4.69) is 10.6 Å². The second-order valence-electron chi connectivity index (χ2n) is 11.0. The summed E-state index contributed by atoms with van der Waals surface area (Å²) in [6.45, 7) is 0. The molecular formula is C29H33N2O4-. The van der Waals surface area contributed by atoms with Crippen LogP contribution in [0.25, 0.3) is 0 Å². The molecule has 184 valence electrons. The van der Waals surface area contributed by atoms with Gasteiger partial charge in [-0.25, -0.2) is 0 Å². The third-order valence-corrected chi connectivity index (χ3v) is 8.31. The zero-order valence-electron chi connectivity index (χ0n) is 20.0. The summed E-state index contributed by atoms with van der Waals surface area (Å²) >= 11 is 0. The molecule has 6 rings (SSSR count). The number of carbonyl (C=O) groups excluding carboxylic acids is 3. The van der Waals surface area contributed by atoms with E-state index in [0.29, 0.717) is 24.2 Å². The highest BCUT2D eigenvalue weighted by Crippen LogP contribution is 2.60. The van der Waals surface area contributed by atoms with Crippen molar-refractivity contribution in [1.29, 1.82) is 0 Å². The van der Waals surface area contributed by atoms with Crippen LogP contribution < -0.4 is 15.7 Å². The summed E-state index contributed by atoms with van der Waals surface area (Å²) < 4.78 is 0. The number of benzene rings is 2. The third kappa shape index (κ3) is 5.26. The smallest absolute Gasteiger partial charge is 0.243 e. The molecule has 2 aromatic carbocycles.